The number of rotatable bonds is 4. The van der Waals surface area contributed by atoms with Crippen molar-refractivity contribution in [2.75, 3.05) is 5.32 Å². The quantitative estimate of drug-likeness (QED) is 0.926. The second-order valence-electron chi connectivity index (χ2n) is 4.24. The molecule has 6 heteroatoms. The lowest BCUT2D eigenvalue weighted by Crippen LogP contribution is -2.01. The summed E-state index contributed by atoms with van der Waals surface area (Å²) in [5, 5.41) is 12.1. The van der Waals surface area contributed by atoms with Crippen LogP contribution in [0.1, 0.15) is 23.9 Å². The van der Waals surface area contributed by atoms with Crippen molar-refractivity contribution in [3.05, 3.63) is 29.2 Å². The molecule has 0 amide bonds. The first-order valence-corrected chi connectivity index (χ1v) is 5.87. The summed E-state index contributed by atoms with van der Waals surface area (Å²) < 4.78 is 3.82. The number of hydrogen-bond donors (Lipinski definition) is 1. The molecule has 0 aromatic carbocycles. The van der Waals surface area contributed by atoms with Gasteiger partial charge in [-0.3, -0.25) is 9.36 Å². The third-order valence-corrected chi connectivity index (χ3v) is 2.95. The molecule has 0 atom stereocenters. The molecule has 0 saturated heterocycles. The summed E-state index contributed by atoms with van der Waals surface area (Å²) in [5.41, 5.74) is 3.44. The van der Waals surface area contributed by atoms with Gasteiger partial charge >= 0.3 is 0 Å². The highest BCUT2D eigenvalue weighted by Gasteiger charge is 2.05. The fraction of sp³-hybridized carbons (Fsp3) is 0.500. The van der Waals surface area contributed by atoms with Crippen LogP contribution in [0.25, 0.3) is 0 Å². The molecule has 5 nitrogen and oxygen atoms in total. The molecule has 2 aromatic rings. The first-order chi connectivity index (χ1) is 8.10. The molecule has 0 aliphatic heterocycles. The van der Waals surface area contributed by atoms with Gasteiger partial charge in [0, 0.05) is 43.7 Å². The first-order valence-electron chi connectivity index (χ1n) is 5.87. The van der Waals surface area contributed by atoms with E-state index in [4.69, 9.17) is 0 Å². The van der Waals surface area contributed by atoms with Crippen LogP contribution in [-0.4, -0.2) is 19.6 Å². The van der Waals surface area contributed by atoms with Crippen LogP contribution in [0, 0.1) is 13.8 Å². The summed E-state index contributed by atoms with van der Waals surface area (Å²) in [6.07, 6.45) is 2.08. The lowest BCUT2D eigenvalue weighted by molar-refractivity contribution is 0.653. The highest BCUT2D eigenvalue weighted by Crippen LogP contribution is 2.11. The van der Waals surface area contributed by atoms with Crippen LogP contribution in [0.15, 0.2) is 12.3 Å². The second-order valence-corrected chi connectivity index (χ2v) is 4.24. The first kappa shape index (κ1) is 14.6. The Balaban J connectivity index is 0.00000162. The molecule has 2 heterocycles. The van der Waals surface area contributed by atoms with Gasteiger partial charge in [0.2, 0.25) is 0 Å². The third kappa shape index (κ3) is 3.04. The molecule has 100 valence electrons. The number of halogens is 1. The summed E-state index contributed by atoms with van der Waals surface area (Å²) in [4.78, 5) is 0. The van der Waals surface area contributed by atoms with Crippen molar-refractivity contribution in [1.29, 1.82) is 0 Å². The minimum absolute atomic E-state index is 0. The van der Waals surface area contributed by atoms with Gasteiger partial charge in [-0.25, -0.2) is 0 Å². The fourth-order valence-electron chi connectivity index (χ4n) is 1.73. The Bertz CT molecular complexity index is 495. The van der Waals surface area contributed by atoms with Crippen molar-refractivity contribution < 1.29 is 0 Å². The lowest BCUT2D eigenvalue weighted by atomic mass is 10.2. The Morgan fingerprint density at radius 3 is 2.50 bits per heavy atom. The van der Waals surface area contributed by atoms with E-state index in [-0.39, 0.29) is 12.4 Å². The number of hydrogen-bond acceptors (Lipinski definition) is 3. The highest BCUT2D eigenvalue weighted by molar-refractivity contribution is 5.85. The largest absolute Gasteiger partial charge is 0.364 e. The van der Waals surface area contributed by atoms with E-state index in [2.05, 4.69) is 28.6 Å². The molecular formula is C12H20ClN5. The Hall–Kier alpha value is -1.49. The molecule has 0 spiro atoms. The predicted octanol–water partition coefficient (Wildman–Crippen LogP) is 2.29. The van der Waals surface area contributed by atoms with Gasteiger partial charge < -0.3 is 5.32 Å². The SMILES string of the molecule is CCn1cc(CNc2cc(C)n(C)n2)c(C)n1.Cl. The zero-order valence-corrected chi connectivity index (χ0v) is 12.1. The average molecular weight is 270 g/mol. The lowest BCUT2D eigenvalue weighted by Gasteiger charge is -2.00. The van der Waals surface area contributed by atoms with Crippen molar-refractivity contribution in [2.24, 2.45) is 7.05 Å². The Labute approximate surface area is 114 Å². The normalized spacial score (nSPS) is 10.2. The van der Waals surface area contributed by atoms with E-state index in [0.29, 0.717) is 0 Å². The molecule has 0 unspecified atom stereocenters. The minimum atomic E-state index is 0. The van der Waals surface area contributed by atoms with Gasteiger partial charge in [-0.2, -0.15) is 10.2 Å². The molecule has 0 aliphatic rings. The molecule has 0 fully saturated rings. The van der Waals surface area contributed by atoms with E-state index in [1.807, 2.05) is 36.3 Å². The number of anilines is 1. The van der Waals surface area contributed by atoms with E-state index < -0.39 is 0 Å². The molecule has 2 aromatic heterocycles. The van der Waals surface area contributed by atoms with Crippen molar-refractivity contribution in [3.63, 3.8) is 0 Å². The fourth-order valence-corrected chi connectivity index (χ4v) is 1.73. The van der Waals surface area contributed by atoms with Crippen LogP contribution < -0.4 is 5.32 Å². The van der Waals surface area contributed by atoms with Crippen LogP contribution in [-0.2, 0) is 20.1 Å². The van der Waals surface area contributed by atoms with Gasteiger partial charge in [0.15, 0.2) is 0 Å². The van der Waals surface area contributed by atoms with Crippen LogP contribution in [0.2, 0.25) is 0 Å². The van der Waals surface area contributed by atoms with Crippen LogP contribution in [0.3, 0.4) is 0 Å². The summed E-state index contributed by atoms with van der Waals surface area (Å²) in [5.74, 6) is 0.911. The van der Waals surface area contributed by atoms with Crippen molar-refractivity contribution in [1.82, 2.24) is 19.6 Å². The maximum atomic E-state index is 4.42. The van der Waals surface area contributed by atoms with Crippen molar-refractivity contribution >= 4 is 18.2 Å². The summed E-state index contributed by atoms with van der Waals surface area (Å²) in [7, 11) is 1.95. The van der Waals surface area contributed by atoms with E-state index >= 15 is 0 Å². The van der Waals surface area contributed by atoms with E-state index in [9.17, 15) is 0 Å². The smallest absolute Gasteiger partial charge is 0.148 e. The topological polar surface area (TPSA) is 47.7 Å². The average Bonchev–Trinajstić information content (AvgIpc) is 2.80. The maximum Gasteiger partial charge on any atom is 0.148 e. The molecule has 2 rings (SSSR count). The Kier molecular flexibility index (Phi) is 4.78. The molecule has 18 heavy (non-hydrogen) atoms. The van der Waals surface area contributed by atoms with Crippen molar-refractivity contribution in [3.8, 4) is 0 Å². The number of aryl methyl sites for hydroxylation is 4. The maximum absolute atomic E-state index is 4.42. The van der Waals surface area contributed by atoms with Crippen LogP contribution in [0.4, 0.5) is 5.82 Å². The number of nitrogens with zero attached hydrogens (tertiary/aromatic N) is 4. The standard InChI is InChI=1S/C12H19N5.ClH/c1-5-17-8-11(10(3)14-17)7-13-12-6-9(2)16(4)15-12;/h6,8H,5,7H2,1-4H3,(H,13,15);1H. The van der Waals surface area contributed by atoms with Gasteiger partial charge in [0.25, 0.3) is 0 Å². The number of nitrogens with one attached hydrogen (secondary N) is 1. The van der Waals surface area contributed by atoms with Gasteiger partial charge in [-0.05, 0) is 20.8 Å². The predicted molar refractivity (Wildman–Crippen MR) is 75.2 cm³/mol. The number of aromatic nitrogens is 4. The second kappa shape index (κ2) is 5.91. The Morgan fingerprint density at radius 2 is 2.00 bits per heavy atom. The van der Waals surface area contributed by atoms with Crippen LogP contribution in [0.5, 0.6) is 0 Å². The van der Waals surface area contributed by atoms with E-state index in [0.717, 1.165) is 30.3 Å². The van der Waals surface area contributed by atoms with Gasteiger partial charge in [0.1, 0.15) is 5.82 Å². The zero-order valence-electron chi connectivity index (χ0n) is 11.3. The minimum Gasteiger partial charge on any atom is -0.364 e. The summed E-state index contributed by atoms with van der Waals surface area (Å²) in [6, 6.07) is 2.04. The highest BCUT2D eigenvalue weighted by atomic mass is 35.5. The molecule has 0 saturated carbocycles. The molecule has 1 N–H and O–H groups in total. The summed E-state index contributed by atoms with van der Waals surface area (Å²) >= 11 is 0. The Morgan fingerprint density at radius 1 is 1.28 bits per heavy atom. The van der Waals surface area contributed by atoms with Gasteiger partial charge in [-0.15, -0.1) is 12.4 Å². The molecule has 0 aliphatic carbocycles. The summed E-state index contributed by atoms with van der Waals surface area (Å²) in [6.45, 7) is 7.84. The van der Waals surface area contributed by atoms with Gasteiger partial charge in [0.05, 0.1) is 5.69 Å². The van der Waals surface area contributed by atoms with Gasteiger partial charge in [-0.1, -0.05) is 0 Å². The molecule has 0 bridgehead atoms. The van der Waals surface area contributed by atoms with Crippen molar-refractivity contribution in [2.45, 2.75) is 33.9 Å². The zero-order chi connectivity index (χ0) is 12.4. The third-order valence-electron chi connectivity index (χ3n) is 2.95. The molecule has 0 radical (unpaired) electrons. The van der Waals surface area contributed by atoms with E-state index in [1.165, 1.54) is 5.56 Å². The van der Waals surface area contributed by atoms with E-state index in [1.54, 1.807) is 0 Å². The monoisotopic (exact) mass is 269 g/mol. The van der Waals surface area contributed by atoms with Crippen LogP contribution >= 0.6 is 12.4 Å². The molecular weight excluding hydrogens is 250 g/mol.